The van der Waals surface area contributed by atoms with Crippen molar-refractivity contribution in [3.63, 3.8) is 0 Å². The topological polar surface area (TPSA) is 69.6 Å². The monoisotopic (exact) mass is 308 g/mol. The third-order valence-electron chi connectivity index (χ3n) is 4.26. The van der Waals surface area contributed by atoms with Gasteiger partial charge >= 0.3 is 12.0 Å². The average Bonchev–Trinajstić information content (AvgIpc) is 2.97. The summed E-state index contributed by atoms with van der Waals surface area (Å²) in [5.74, 6) is -1.05. The first-order chi connectivity index (χ1) is 10.1. The van der Waals surface area contributed by atoms with Gasteiger partial charge < -0.3 is 15.3 Å². The Morgan fingerprint density at radius 1 is 1.33 bits per heavy atom. The molecule has 0 unspecified atom stereocenters. The molecule has 5 nitrogen and oxygen atoms in total. The Kier molecular flexibility index (Phi) is 4.14. The van der Waals surface area contributed by atoms with Crippen LogP contribution in [0.4, 0.5) is 4.79 Å². The molecule has 2 amide bonds. The summed E-state index contributed by atoms with van der Waals surface area (Å²) in [4.78, 5) is 26.5. The van der Waals surface area contributed by atoms with Gasteiger partial charge in [0.25, 0.3) is 0 Å². The van der Waals surface area contributed by atoms with Crippen LogP contribution in [-0.4, -0.2) is 34.1 Å². The fourth-order valence-electron chi connectivity index (χ4n) is 2.92. The van der Waals surface area contributed by atoms with Crippen LogP contribution in [-0.2, 0) is 11.3 Å². The maximum atomic E-state index is 12.5. The summed E-state index contributed by atoms with van der Waals surface area (Å²) in [6, 6.07) is 4.36. The summed E-state index contributed by atoms with van der Waals surface area (Å²) in [7, 11) is 0. The number of carboxylic acid groups (broad SMARTS) is 1. The van der Waals surface area contributed by atoms with Gasteiger partial charge in [0.1, 0.15) is 0 Å². The van der Waals surface area contributed by atoms with E-state index in [1.54, 1.807) is 11.3 Å². The van der Waals surface area contributed by atoms with Crippen LogP contribution in [0.15, 0.2) is 17.5 Å². The van der Waals surface area contributed by atoms with E-state index in [9.17, 15) is 9.59 Å². The van der Waals surface area contributed by atoms with Crippen molar-refractivity contribution in [2.24, 2.45) is 5.92 Å². The Bertz CT molecular complexity index is 513. The summed E-state index contributed by atoms with van der Waals surface area (Å²) >= 11 is 1.66. The molecular formula is C15H20N2O3S. The molecule has 1 heterocycles. The lowest BCUT2D eigenvalue weighted by atomic mass is 10.1. The van der Waals surface area contributed by atoms with Crippen molar-refractivity contribution in [3.8, 4) is 0 Å². The van der Waals surface area contributed by atoms with Gasteiger partial charge in [-0.2, -0.15) is 0 Å². The van der Waals surface area contributed by atoms with Gasteiger partial charge in [-0.15, -0.1) is 11.3 Å². The second-order valence-corrected chi connectivity index (χ2v) is 6.97. The number of urea groups is 1. The second-order valence-electron chi connectivity index (χ2n) is 5.93. The number of carbonyl (C=O) groups excluding carboxylic acids is 1. The maximum absolute atomic E-state index is 12.5. The number of amides is 2. The number of aliphatic carboxylic acids is 1. The summed E-state index contributed by atoms with van der Waals surface area (Å²) in [6.07, 6.45) is 4.12. The number of carboxylic acids is 1. The van der Waals surface area contributed by atoms with E-state index in [4.69, 9.17) is 5.11 Å². The van der Waals surface area contributed by atoms with Gasteiger partial charge in [-0.05, 0) is 43.6 Å². The minimum atomic E-state index is -0.746. The standard InChI is InChI=1S/C15H20N2O3S/c18-14(19)10-3-4-11(8-10)16-15(20)17(12-5-6-12)9-13-2-1-7-21-13/h1-2,7,10-12H,3-6,8-9H2,(H,16,20)(H,18,19)/t10-,11+/m1/s1. The molecule has 1 aromatic heterocycles. The summed E-state index contributed by atoms with van der Waals surface area (Å²) < 4.78 is 0. The lowest BCUT2D eigenvalue weighted by molar-refractivity contribution is -0.141. The molecular weight excluding hydrogens is 288 g/mol. The highest BCUT2D eigenvalue weighted by Gasteiger charge is 2.36. The van der Waals surface area contributed by atoms with Gasteiger partial charge in [0, 0.05) is 17.0 Å². The molecule has 2 saturated carbocycles. The van der Waals surface area contributed by atoms with Crippen LogP contribution in [0.1, 0.15) is 37.0 Å². The molecule has 21 heavy (non-hydrogen) atoms. The van der Waals surface area contributed by atoms with E-state index in [-0.39, 0.29) is 18.0 Å². The molecule has 2 aliphatic carbocycles. The molecule has 2 aliphatic rings. The molecule has 6 heteroatoms. The van der Waals surface area contributed by atoms with Crippen LogP contribution in [0, 0.1) is 5.92 Å². The van der Waals surface area contributed by atoms with E-state index in [0.29, 0.717) is 25.4 Å². The van der Waals surface area contributed by atoms with Gasteiger partial charge in [0.2, 0.25) is 0 Å². The summed E-state index contributed by atoms with van der Waals surface area (Å²) in [5.41, 5.74) is 0. The molecule has 0 saturated heterocycles. The number of nitrogens with zero attached hydrogens (tertiary/aromatic N) is 1. The van der Waals surface area contributed by atoms with E-state index in [0.717, 1.165) is 19.3 Å². The van der Waals surface area contributed by atoms with E-state index in [1.807, 2.05) is 22.4 Å². The molecule has 114 valence electrons. The molecule has 0 aromatic carbocycles. The van der Waals surface area contributed by atoms with Gasteiger partial charge in [0.05, 0.1) is 12.5 Å². The van der Waals surface area contributed by atoms with Crippen molar-refractivity contribution in [2.75, 3.05) is 0 Å². The van der Waals surface area contributed by atoms with Crippen molar-refractivity contribution >= 4 is 23.3 Å². The zero-order valence-corrected chi connectivity index (χ0v) is 12.6. The lowest BCUT2D eigenvalue weighted by Crippen LogP contribution is -2.44. The third kappa shape index (κ3) is 3.56. The highest BCUT2D eigenvalue weighted by molar-refractivity contribution is 7.09. The fourth-order valence-corrected chi connectivity index (χ4v) is 3.62. The van der Waals surface area contributed by atoms with Gasteiger partial charge in [-0.25, -0.2) is 4.79 Å². The van der Waals surface area contributed by atoms with E-state index in [2.05, 4.69) is 5.32 Å². The summed E-state index contributed by atoms with van der Waals surface area (Å²) in [5, 5.41) is 14.1. The Balaban J connectivity index is 1.56. The van der Waals surface area contributed by atoms with Crippen LogP contribution >= 0.6 is 11.3 Å². The predicted octanol–water partition coefficient (Wildman–Crippen LogP) is 2.68. The normalized spacial score (nSPS) is 24.8. The molecule has 2 fully saturated rings. The number of rotatable bonds is 5. The zero-order chi connectivity index (χ0) is 14.8. The Labute approximate surface area is 128 Å². The Hall–Kier alpha value is -1.56. The quantitative estimate of drug-likeness (QED) is 0.878. The van der Waals surface area contributed by atoms with Crippen LogP contribution < -0.4 is 5.32 Å². The maximum Gasteiger partial charge on any atom is 0.318 e. The second kappa shape index (κ2) is 6.05. The number of hydrogen-bond donors (Lipinski definition) is 2. The Morgan fingerprint density at radius 2 is 2.14 bits per heavy atom. The molecule has 0 radical (unpaired) electrons. The van der Waals surface area contributed by atoms with Crippen molar-refractivity contribution in [1.29, 1.82) is 0 Å². The highest BCUT2D eigenvalue weighted by atomic mass is 32.1. The summed E-state index contributed by atoms with van der Waals surface area (Å²) in [6.45, 7) is 0.656. The molecule has 2 N–H and O–H groups in total. The third-order valence-corrected chi connectivity index (χ3v) is 5.13. The molecule has 1 aromatic rings. The molecule has 0 bridgehead atoms. The van der Waals surface area contributed by atoms with Crippen molar-refractivity contribution < 1.29 is 14.7 Å². The highest BCUT2D eigenvalue weighted by Crippen LogP contribution is 2.30. The van der Waals surface area contributed by atoms with Crippen molar-refractivity contribution in [3.05, 3.63) is 22.4 Å². The lowest BCUT2D eigenvalue weighted by Gasteiger charge is -2.24. The van der Waals surface area contributed by atoms with Crippen molar-refractivity contribution in [1.82, 2.24) is 10.2 Å². The Morgan fingerprint density at radius 3 is 2.71 bits per heavy atom. The smallest absolute Gasteiger partial charge is 0.318 e. The number of nitrogens with one attached hydrogen (secondary N) is 1. The number of thiophene rings is 1. The van der Waals surface area contributed by atoms with Crippen LogP contribution in [0.25, 0.3) is 0 Å². The van der Waals surface area contributed by atoms with Gasteiger partial charge in [-0.3, -0.25) is 4.79 Å². The van der Waals surface area contributed by atoms with Crippen LogP contribution in [0.5, 0.6) is 0 Å². The average molecular weight is 308 g/mol. The molecule has 2 atom stereocenters. The first-order valence-corrected chi connectivity index (χ1v) is 8.34. The van der Waals surface area contributed by atoms with Gasteiger partial charge in [0.15, 0.2) is 0 Å². The number of carbonyl (C=O) groups is 2. The minimum absolute atomic E-state index is 0.00295. The van der Waals surface area contributed by atoms with E-state index < -0.39 is 5.97 Å². The van der Waals surface area contributed by atoms with Crippen molar-refractivity contribution in [2.45, 2.75) is 50.7 Å². The van der Waals surface area contributed by atoms with E-state index in [1.165, 1.54) is 4.88 Å². The number of hydrogen-bond acceptors (Lipinski definition) is 3. The molecule has 3 rings (SSSR count). The predicted molar refractivity (Wildman–Crippen MR) is 80.2 cm³/mol. The molecule has 0 spiro atoms. The first-order valence-electron chi connectivity index (χ1n) is 7.46. The van der Waals surface area contributed by atoms with Crippen LogP contribution in [0.2, 0.25) is 0 Å². The van der Waals surface area contributed by atoms with E-state index >= 15 is 0 Å². The SMILES string of the molecule is O=C(O)[C@@H]1CC[C@H](NC(=O)N(Cc2cccs2)C2CC2)C1. The molecule has 0 aliphatic heterocycles. The first kappa shape index (κ1) is 14.4. The largest absolute Gasteiger partial charge is 0.481 e. The van der Waals surface area contributed by atoms with Crippen LogP contribution in [0.3, 0.4) is 0 Å². The fraction of sp³-hybridized carbons (Fsp3) is 0.600. The van der Waals surface area contributed by atoms with Gasteiger partial charge in [-0.1, -0.05) is 6.07 Å². The minimum Gasteiger partial charge on any atom is -0.481 e. The zero-order valence-electron chi connectivity index (χ0n) is 11.8.